The number of piperidine rings is 1. The Morgan fingerprint density at radius 3 is 2.90 bits per heavy atom. The number of hydrogen-bond donors (Lipinski definition) is 1. The monoisotopic (exact) mass is 291 g/mol. The molecular formula is C16H25N3O2. The summed E-state index contributed by atoms with van der Waals surface area (Å²) in [6.07, 6.45) is 2.94. The number of aliphatic carboxylic acids is 1. The minimum atomic E-state index is -0.781. The van der Waals surface area contributed by atoms with Crippen LogP contribution in [0.5, 0.6) is 0 Å². The molecule has 0 unspecified atom stereocenters. The van der Waals surface area contributed by atoms with Crippen molar-refractivity contribution in [3.05, 3.63) is 23.3 Å². The Morgan fingerprint density at radius 1 is 1.48 bits per heavy atom. The average molecular weight is 291 g/mol. The van der Waals surface area contributed by atoms with Gasteiger partial charge in [0.1, 0.15) is 5.82 Å². The highest BCUT2D eigenvalue weighted by molar-refractivity contribution is 5.66. The molecule has 0 radical (unpaired) electrons. The van der Waals surface area contributed by atoms with E-state index in [4.69, 9.17) is 5.11 Å². The van der Waals surface area contributed by atoms with Crippen LogP contribution < -0.4 is 0 Å². The van der Waals surface area contributed by atoms with E-state index >= 15 is 0 Å². The Morgan fingerprint density at radius 2 is 2.24 bits per heavy atom. The van der Waals surface area contributed by atoms with Crippen molar-refractivity contribution in [3.63, 3.8) is 0 Å². The zero-order chi connectivity index (χ0) is 15.4. The van der Waals surface area contributed by atoms with Gasteiger partial charge in [-0.1, -0.05) is 0 Å². The molecule has 0 aliphatic carbocycles. The Balaban J connectivity index is 2.13. The van der Waals surface area contributed by atoms with Crippen LogP contribution in [-0.2, 0) is 11.2 Å². The van der Waals surface area contributed by atoms with Crippen LogP contribution in [0.15, 0.2) is 6.07 Å². The Bertz CT molecular complexity index is 502. The number of nitrogens with zero attached hydrogens (tertiary/aromatic N) is 3. The largest absolute Gasteiger partial charge is 0.481 e. The molecule has 1 aromatic heterocycles. The molecule has 0 bridgehead atoms. The van der Waals surface area contributed by atoms with E-state index < -0.39 is 5.97 Å². The van der Waals surface area contributed by atoms with Crippen molar-refractivity contribution in [2.24, 2.45) is 0 Å². The van der Waals surface area contributed by atoms with E-state index in [9.17, 15) is 4.79 Å². The van der Waals surface area contributed by atoms with Gasteiger partial charge in [0.2, 0.25) is 0 Å². The van der Waals surface area contributed by atoms with E-state index in [-0.39, 0.29) is 6.42 Å². The lowest BCUT2D eigenvalue weighted by Crippen LogP contribution is -2.39. The molecular weight excluding hydrogens is 266 g/mol. The summed E-state index contributed by atoms with van der Waals surface area (Å²) in [5.74, 6) is 0.400. The number of rotatable bonds is 5. The second kappa shape index (κ2) is 6.98. The van der Waals surface area contributed by atoms with E-state index in [1.54, 1.807) is 0 Å². The first kappa shape index (κ1) is 15.9. The molecule has 116 valence electrons. The molecule has 1 saturated heterocycles. The summed E-state index contributed by atoms with van der Waals surface area (Å²) in [4.78, 5) is 22.2. The number of aryl methyl sites for hydroxylation is 2. The van der Waals surface area contributed by atoms with Crippen LogP contribution in [0.4, 0.5) is 0 Å². The molecule has 5 nitrogen and oxygen atoms in total. The smallest absolute Gasteiger partial charge is 0.303 e. The van der Waals surface area contributed by atoms with Crippen LogP contribution in [0.1, 0.15) is 56.2 Å². The van der Waals surface area contributed by atoms with Crippen molar-refractivity contribution >= 4 is 5.97 Å². The fraction of sp³-hybridized carbons (Fsp3) is 0.688. The van der Waals surface area contributed by atoms with Gasteiger partial charge in [-0.05, 0) is 46.2 Å². The minimum Gasteiger partial charge on any atom is -0.481 e. The summed E-state index contributed by atoms with van der Waals surface area (Å²) in [5.41, 5.74) is 1.93. The van der Waals surface area contributed by atoms with Gasteiger partial charge in [-0.3, -0.25) is 4.79 Å². The molecule has 2 heterocycles. The Kier molecular flexibility index (Phi) is 5.28. The normalized spacial score (nSPS) is 19.9. The van der Waals surface area contributed by atoms with Gasteiger partial charge >= 0.3 is 5.97 Å². The molecule has 21 heavy (non-hydrogen) atoms. The maximum Gasteiger partial charge on any atom is 0.303 e. The summed E-state index contributed by atoms with van der Waals surface area (Å²) >= 11 is 0. The Labute approximate surface area is 126 Å². The molecule has 2 rings (SSSR count). The molecule has 1 aromatic rings. The molecule has 5 heteroatoms. The fourth-order valence-electron chi connectivity index (χ4n) is 2.94. The van der Waals surface area contributed by atoms with E-state index in [1.807, 2.05) is 13.0 Å². The van der Waals surface area contributed by atoms with E-state index in [0.717, 1.165) is 36.7 Å². The predicted octanol–water partition coefficient (Wildman–Crippen LogP) is 2.39. The summed E-state index contributed by atoms with van der Waals surface area (Å²) < 4.78 is 0. The van der Waals surface area contributed by atoms with Crippen molar-refractivity contribution in [3.8, 4) is 0 Å². The number of likely N-dealkylation sites (tertiary alicyclic amines) is 1. The van der Waals surface area contributed by atoms with Gasteiger partial charge in [-0.2, -0.15) is 0 Å². The third kappa shape index (κ3) is 4.49. The highest BCUT2D eigenvalue weighted by Crippen LogP contribution is 2.27. The van der Waals surface area contributed by atoms with Crippen LogP contribution in [0.2, 0.25) is 0 Å². The zero-order valence-corrected chi connectivity index (χ0v) is 13.2. The molecule has 0 saturated carbocycles. The molecule has 1 aliphatic heterocycles. The molecule has 0 aromatic carbocycles. The lowest BCUT2D eigenvalue weighted by Gasteiger charge is -2.35. The maximum absolute atomic E-state index is 10.7. The zero-order valence-electron chi connectivity index (χ0n) is 13.2. The van der Waals surface area contributed by atoms with Crippen LogP contribution in [0, 0.1) is 6.92 Å². The van der Waals surface area contributed by atoms with Crippen LogP contribution >= 0.6 is 0 Å². The third-order valence-electron chi connectivity index (χ3n) is 4.11. The van der Waals surface area contributed by atoms with Gasteiger partial charge < -0.3 is 10.0 Å². The Hall–Kier alpha value is -1.49. The van der Waals surface area contributed by atoms with Crippen LogP contribution in [0.25, 0.3) is 0 Å². The predicted molar refractivity (Wildman–Crippen MR) is 81.4 cm³/mol. The average Bonchev–Trinajstić information content (AvgIpc) is 2.44. The first-order chi connectivity index (χ1) is 9.95. The number of hydrogen-bond acceptors (Lipinski definition) is 4. The van der Waals surface area contributed by atoms with Crippen molar-refractivity contribution in [2.75, 3.05) is 13.1 Å². The second-order valence-corrected chi connectivity index (χ2v) is 6.15. The molecule has 1 aliphatic rings. The van der Waals surface area contributed by atoms with Gasteiger partial charge in [0.05, 0.1) is 6.42 Å². The highest BCUT2D eigenvalue weighted by atomic mass is 16.4. The van der Waals surface area contributed by atoms with Gasteiger partial charge in [-0.15, -0.1) is 0 Å². The van der Waals surface area contributed by atoms with E-state index in [2.05, 4.69) is 28.7 Å². The summed E-state index contributed by atoms with van der Waals surface area (Å²) in [6.45, 7) is 8.53. The highest BCUT2D eigenvalue weighted by Gasteiger charge is 2.24. The molecule has 0 spiro atoms. The summed E-state index contributed by atoms with van der Waals surface area (Å²) in [6, 6.07) is 2.56. The lowest BCUT2D eigenvalue weighted by molar-refractivity contribution is -0.136. The maximum atomic E-state index is 10.7. The topological polar surface area (TPSA) is 66.3 Å². The molecule has 1 fully saturated rings. The molecule has 1 N–H and O–H groups in total. The first-order valence-electron chi connectivity index (χ1n) is 7.76. The van der Waals surface area contributed by atoms with Gasteiger partial charge in [0.15, 0.2) is 0 Å². The molecule has 1 atom stereocenters. The quantitative estimate of drug-likeness (QED) is 0.902. The van der Waals surface area contributed by atoms with Crippen LogP contribution in [-0.4, -0.2) is 45.1 Å². The standard InChI is InChI=1S/C16H25N3O2/c1-11(2)19-8-4-5-13(10-19)15-9-14(6-7-16(20)21)17-12(3)18-15/h9,11,13H,4-8,10H2,1-3H3,(H,20,21)/t13-/m0/s1. The van der Waals surface area contributed by atoms with Gasteiger partial charge in [-0.25, -0.2) is 9.97 Å². The van der Waals surface area contributed by atoms with Gasteiger partial charge in [0.25, 0.3) is 0 Å². The van der Waals surface area contributed by atoms with Gasteiger partial charge in [0, 0.05) is 36.3 Å². The van der Waals surface area contributed by atoms with Crippen molar-refractivity contribution in [1.29, 1.82) is 0 Å². The minimum absolute atomic E-state index is 0.124. The number of carbonyl (C=O) groups is 1. The third-order valence-corrected chi connectivity index (χ3v) is 4.11. The second-order valence-electron chi connectivity index (χ2n) is 6.15. The van der Waals surface area contributed by atoms with E-state index in [1.165, 1.54) is 6.42 Å². The van der Waals surface area contributed by atoms with Crippen molar-refractivity contribution in [2.45, 2.75) is 58.4 Å². The summed E-state index contributed by atoms with van der Waals surface area (Å²) in [5, 5.41) is 8.81. The van der Waals surface area contributed by atoms with Crippen molar-refractivity contribution in [1.82, 2.24) is 14.9 Å². The fourth-order valence-corrected chi connectivity index (χ4v) is 2.94. The van der Waals surface area contributed by atoms with E-state index in [0.29, 0.717) is 18.4 Å². The SMILES string of the molecule is Cc1nc(CCC(=O)O)cc([C@H]2CCCN(C(C)C)C2)n1. The van der Waals surface area contributed by atoms with Crippen molar-refractivity contribution < 1.29 is 9.90 Å². The first-order valence-corrected chi connectivity index (χ1v) is 7.76. The number of aromatic nitrogens is 2. The lowest BCUT2D eigenvalue weighted by atomic mass is 9.93. The molecule has 0 amide bonds. The number of carboxylic acids is 1. The number of carboxylic acid groups (broad SMARTS) is 1. The summed E-state index contributed by atoms with van der Waals surface area (Å²) in [7, 11) is 0. The van der Waals surface area contributed by atoms with Crippen LogP contribution in [0.3, 0.4) is 0 Å².